The molecule has 1 aromatic rings. The van der Waals surface area contributed by atoms with Gasteiger partial charge in [-0.2, -0.15) is 0 Å². The Morgan fingerprint density at radius 2 is 2.17 bits per heavy atom. The van der Waals surface area contributed by atoms with Crippen LogP contribution >= 0.6 is 11.3 Å². The highest BCUT2D eigenvalue weighted by Gasteiger charge is 2.33. The standard InChI is InChI=1S/C17H29N3O2S/c1-11-12(2)23-15(19-11)14(9-18)13-7-6-8-20(10-13)16(21)22-17(3,4)5/h13-14H,6-10,18H2,1-5H3. The fourth-order valence-corrected chi connectivity index (χ4v) is 4.11. The van der Waals surface area contributed by atoms with Gasteiger partial charge in [-0.1, -0.05) is 0 Å². The zero-order valence-corrected chi connectivity index (χ0v) is 15.7. The van der Waals surface area contributed by atoms with E-state index >= 15 is 0 Å². The van der Waals surface area contributed by atoms with Crippen LogP contribution in [0, 0.1) is 19.8 Å². The third kappa shape index (κ3) is 4.67. The number of ether oxygens (including phenoxy) is 1. The van der Waals surface area contributed by atoms with E-state index in [-0.39, 0.29) is 12.0 Å². The molecule has 0 aliphatic carbocycles. The molecule has 0 radical (unpaired) electrons. The molecule has 5 nitrogen and oxygen atoms in total. The Bertz CT molecular complexity index is 531. The highest BCUT2D eigenvalue weighted by molar-refractivity contribution is 7.11. The van der Waals surface area contributed by atoms with E-state index in [4.69, 9.17) is 10.5 Å². The Morgan fingerprint density at radius 1 is 1.48 bits per heavy atom. The third-order valence-corrected chi connectivity index (χ3v) is 5.50. The quantitative estimate of drug-likeness (QED) is 0.916. The van der Waals surface area contributed by atoms with Crippen molar-refractivity contribution in [1.29, 1.82) is 0 Å². The Kier molecular flexibility index (Phi) is 5.68. The lowest BCUT2D eigenvalue weighted by molar-refractivity contribution is 0.0152. The van der Waals surface area contributed by atoms with Crippen LogP contribution in [0.4, 0.5) is 4.79 Å². The number of aromatic nitrogens is 1. The van der Waals surface area contributed by atoms with Crippen molar-refractivity contribution < 1.29 is 9.53 Å². The van der Waals surface area contributed by atoms with Crippen molar-refractivity contribution in [3.05, 3.63) is 15.6 Å². The van der Waals surface area contributed by atoms with Gasteiger partial charge in [0, 0.05) is 30.4 Å². The lowest BCUT2D eigenvalue weighted by atomic mass is 9.86. The summed E-state index contributed by atoms with van der Waals surface area (Å²) >= 11 is 1.73. The zero-order valence-electron chi connectivity index (χ0n) is 14.9. The van der Waals surface area contributed by atoms with Gasteiger partial charge in [0.1, 0.15) is 5.60 Å². The van der Waals surface area contributed by atoms with Gasteiger partial charge >= 0.3 is 6.09 Å². The molecule has 1 aliphatic rings. The Labute approximate surface area is 143 Å². The SMILES string of the molecule is Cc1nc(C(CN)C2CCCN(C(=O)OC(C)(C)C)C2)sc1C. The first-order valence-electron chi connectivity index (χ1n) is 8.33. The van der Waals surface area contributed by atoms with Crippen LogP contribution in [0.2, 0.25) is 0 Å². The van der Waals surface area contributed by atoms with E-state index in [0.717, 1.165) is 30.1 Å². The maximum atomic E-state index is 12.3. The molecule has 2 rings (SSSR count). The molecule has 1 aromatic heterocycles. The summed E-state index contributed by atoms with van der Waals surface area (Å²) in [5, 5.41) is 1.11. The maximum absolute atomic E-state index is 12.3. The molecule has 0 saturated carbocycles. The maximum Gasteiger partial charge on any atom is 0.410 e. The normalized spacial score (nSPS) is 20.4. The molecular formula is C17H29N3O2S. The summed E-state index contributed by atoms with van der Waals surface area (Å²) < 4.78 is 5.51. The van der Waals surface area contributed by atoms with Crippen LogP contribution in [0.3, 0.4) is 0 Å². The van der Waals surface area contributed by atoms with Gasteiger partial charge in [-0.05, 0) is 53.4 Å². The van der Waals surface area contributed by atoms with Crippen molar-refractivity contribution >= 4 is 17.4 Å². The van der Waals surface area contributed by atoms with Crippen molar-refractivity contribution in [3.63, 3.8) is 0 Å². The molecule has 2 atom stereocenters. The number of nitrogens with zero attached hydrogens (tertiary/aromatic N) is 2. The molecule has 1 aliphatic heterocycles. The molecule has 1 fully saturated rings. The number of rotatable bonds is 3. The molecule has 23 heavy (non-hydrogen) atoms. The predicted molar refractivity (Wildman–Crippen MR) is 93.9 cm³/mol. The summed E-state index contributed by atoms with van der Waals surface area (Å²) in [7, 11) is 0. The van der Waals surface area contributed by atoms with Crippen molar-refractivity contribution in [1.82, 2.24) is 9.88 Å². The monoisotopic (exact) mass is 339 g/mol. The lowest BCUT2D eigenvalue weighted by Gasteiger charge is -2.36. The first-order chi connectivity index (χ1) is 10.7. The van der Waals surface area contributed by atoms with Gasteiger partial charge in [0.15, 0.2) is 0 Å². The van der Waals surface area contributed by atoms with Crippen LogP contribution in [0.25, 0.3) is 0 Å². The van der Waals surface area contributed by atoms with Gasteiger partial charge in [-0.15, -0.1) is 11.3 Å². The summed E-state index contributed by atoms with van der Waals surface area (Å²) in [5.41, 5.74) is 6.68. The number of carbonyl (C=O) groups excluding carboxylic acids is 1. The van der Waals surface area contributed by atoms with Crippen LogP contribution in [0.5, 0.6) is 0 Å². The fourth-order valence-electron chi connectivity index (χ4n) is 2.98. The van der Waals surface area contributed by atoms with Gasteiger partial charge in [0.05, 0.1) is 10.7 Å². The van der Waals surface area contributed by atoms with E-state index < -0.39 is 5.60 Å². The first kappa shape index (κ1) is 18.2. The van der Waals surface area contributed by atoms with Crippen molar-refractivity contribution in [2.45, 2.75) is 59.0 Å². The minimum absolute atomic E-state index is 0.218. The van der Waals surface area contributed by atoms with Gasteiger partial charge < -0.3 is 15.4 Å². The molecule has 2 heterocycles. The van der Waals surface area contributed by atoms with Crippen LogP contribution in [-0.4, -0.2) is 41.2 Å². The number of hydrogen-bond donors (Lipinski definition) is 1. The number of aryl methyl sites for hydroxylation is 2. The Balaban J connectivity index is 2.08. The second-order valence-electron chi connectivity index (χ2n) is 7.36. The second kappa shape index (κ2) is 7.18. The number of amides is 1. The zero-order chi connectivity index (χ0) is 17.2. The van der Waals surface area contributed by atoms with Crippen LogP contribution < -0.4 is 5.73 Å². The van der Waals surface area contributed by atoms with E-state index in [9.17, 15) is 4.79 Å². The van der Waals surface area contributed by atoms with Gasteiger partial charge in [0.2, 0.25) is 0 Å². The van der Waals surface area contributed by atoms with Gasteiger partial charge in [-0.3, -0.25) is 0 Å². The molecule has 2 N–H and O–H groups in total. The van der Waals surface area contributed by atoms with Gasteiger partial charge in [-0.25, -0.2) is 9.78 Å². The molecule has 0 spiro atoms. The summed E-state index contributed by atoms with van der Waals surface area (Å²) in [5.74, 6) is 0.573. The molecule has 6 heteroatoms. The lowest BCUT2D eigenvalue weighted by Crippen LogP contribution is -2.44. The van der Waals surface area contributed by atoms with E-state index in [1.165, 1.54) is 4.88 Å². The Morgan fingerprint density at radius 3 is 2.70 bits per heavy atom. The van der Waals surface area contributed by atoms with E-state index in [1.54, 1.807) is 11.3 Å². The third-order valence-electron chi connectivity index (χ3n) is 4.29. The average molecular weight is 340 g/mol. The minimum atomic E-state index is -0.458. The van der Waals surface area contributed by atoms with E-state index in [2.05, 4.69) is 11.9 Å². The fraction of sp³-hybridized carbons (Fsp3) is 0.765. The largest absolute Gasteiger partial charge is 0.444 e. The summed E-state index contributed by atoms with van der Waals surface area (Å²) in [6.07, 6.45) is 1.85. The summed E-state index contributed by atoms with van der Waals surface area (Å²) in [4.78, 5) is 20.1. The van der Waals surface area contributed by atoms with E-state index in [1.807, 2.05) is 32.6 Å². The summed E-state index contributed by atoms with van der Waals surface area (Å²) in [6.45, 7) is 11.9. The molecule has 130 valence electrons. The average Bonchev–Trinajstić information content (AvgIpc) is 2.77. The van der Waals surface area contributed by atoms with Crippen molar-refractivity contribution in [2.75, 3.05) is 19.6 Å². The highest BCUT2D eigenvalue weighted by Crippen LogP contribution is 2.34. The molecule has 0 aromatic carbocycles. The molecule has 1 saturated heterocycles. The number of carbonyl (C=O) groups is 1. The molecular weight excluding hydrogens is 310 g/mol. The number of piperidine rings is 1. The van der Waals surface area contributed by atoms with Crippen molar-refractivity contribution in [3.8, 4) is 0 Å². The first-order valence-corrected chi connectivity index (χ1v) is 9.15. The van der Waals surface area contributed by atoms with Crippen molar-refractivity contribution in [2.24, 2.45) is 11.7 Å². The topological polar surface area (TPSA) is 68.5 Å². The van der Waals surface area contributed by atoms with Gasteiger partial charge in [0.25, 0.3) is 0 Å². The predicted octanol–water partition coefficient (Wildman–Crippen LogP) is 3.45. The minimum Gasteiger partial charge on any atom is -0.444 e. The number of nitrogens with two attached hydrogens (primary N) is 1. The molecule has 0 bridgehead atoms. The number of likely N-dealkylation sites (tertiary alicyclic amines) is 1. The Hall–Kier alpha value is -1.14. The number of hydrogen-bond acceptors (Lipinski definition) is 5. The van der Waals surface area contributed by atoms with Crippen LogP contribution in [0.1, 0.15) is 55.1 Å². The smallest absolute Gasteiger partial charge is 0.410 e. The summed E-state index contributed by atoms with van der Waals surface area (Å²) in [6, 6.07) is 0. The molecule has 2 unspecified atom stereocenters. The van der Waals surface area contributed by atoms with E-state index in [0.29, 0.717) is 19.0 Å². The highest BCUT2D eigenvalue weighted by atomic mass is 32.1. The second-order valence-corrected chi connectivity index (χ2v) is 8.60. The van der Waals surface area contributed by atoms with Crippen LogP contribution in [-0.2, 0) is 4.74 Å². The van der Waals surface area contributed by atoms with Crippen LogP contribution in [0.15, 0.2) is 0 Å². The number of thiazole rings is 1. The molecule has 1 amide bonds.